The third kappa shape index (κ3) is 2.52. The molecular weight excluding hydrogens is 246 g/mol. The highest BCUT2D eigenvalue weighted by Crippen LogP contribution is 2.32. The Bertz CT molecular complexity index is 537. The van der Waals surface area contributed by atoms with Gasteiger partial charge in [-0.3, -0.25) is 0 Å². The van der Waals surface area contributed by atoms with Gasteiger partial charge in [0.25, 0.3) is 0 Å². The first-order valence-corrected chi connectivity index (χ1v) is 6.68. The smallest absolute Gasteiger partial charge is 0.147 e. The van der Waals surface area contributed by atoms with Gasteiger partial charge in [-0.1, -0.05) is 25.2 Å². The molecule has 2 N–H and O–H groups in total. The summed E-state index contributed by atoms with van der Waals surface area (Å²) in [6, 6.07) is 6.10. The van der Waals surface area contributed by atoms with Crippen molar-refractivity contribution in [1.82, 2.24) is 10.2 Å². The van der Waals surface area contributed by atoms with Crippen molar-refractivity contribution in [3.05, 3.63) is 28.8 Å². The van der Waals surface area contributed by atoms with E-state index in [1.165, 1.54) is 16.9 Å². The van der Waals surface area contributed by atoms with Gasteiger partial charge in [-0.25, -0.2) is 0 Å². The summed E-state index contributed by atoms with van der Waals surface area (Å²) in [6.07, 6.45) is 0. The summed E-state index contributed by atoms with van der Waals surface area (Å²) in [5, 5.41) is 9.96. The van der Waals surface area contributed by atoms with Gasteiger partial charge in [0, 0.05) is 12.1 Å². The molecule has 1 heterocycles. The Morgan fingerprint density at radius 1 is 1.33 bits per heavy atom. The second-order valence-corrected chi connectivity index (χ2v) is 5.38. The molecule has 2 rings (SSSR count). The van der Waals surface area contributed by atoms with Gasteiger partial charge in [-0.05, 0) is 29.7 Å². The fraction of sp³-hybridized carbons (Fsp3) is 0.385. The largest absolute Gasteiger partial charge is 0.496 e. The van der Waals surface area contributed by atoms with Gasteiger partial charge in [0.15, 0.2) is 0 Å². The first-order valence-electron chi connectivity index (χ1n) is 5.86. The minimum atomic E-state index is 0.404. The number of hydrogen-bond donors (Lipinski definition) is 1. The number of aromatic nitrogens is 2. The van der Waals surface area contributed by atoms with E-state index in [-0.39, 0.29) is 0 Å². The van der Waals surface area contributed by atoms with Crippen LogP contribution in [0.1, 0.15) is 30.3 Å². The molecule has 1 aromatic heterocycles. The van der Waals surface area contributed by atoms with Gasteiger partial charge in [-0.15, -0.1) is 10.2 Å². The minimum absolute atomic E-state index is 0.404. The van der Waals surface area contributed by atoms with Crippen LogP contribution in [0.25, 0.3) is 10.6 Å². The number of nitrogens with two attached hydrogens (primary N) is 1. The lowest BCUT2D eigenvalue weighted by atomic mass is 10.00. The summed E-state index contributed by atoms with van der Waals surface area (Å²) in [5.41, 5.74) is 7.80. The lowest BCUT2D eigenvalue weighted by Gasteiger charge is -2.12. The maximum atomic E-state index is 5.55. The van der Waals surface area contributed by atoms with Crippen LogP contribution in [0.15, 0.2) is 18.2 Å². The van der Waals surface area contributed by atoms with E-state index in [0.717, 1.165) is 21.3 Å². The van der Waals surface area contributed by atoms with Gasteiger partial charge in [0.1, 0.15) is 15.8 Å². The maximum Gasteiger partial charge on any atom is 0.147 e. The Balaban J connectivity index is 2.42. The van der Waals surface area contributed by atoms with Crippen LogP contribution in [0.5, 0.6) is 5.75 Å². The zero-order valence-corrected chi connectivity index (χ0v) is 11.6. The van der Waals surface area contributed by atoms with Crippen molar-refractivity contribution in [2.24, 2.45) is 5.73 Å². The predicted molar refractivity (Wildman–Crippen MR) is 73.9 cm³/mol. The third-order valence-electron chi connectivity index (χ3n) is 2.74. The van der Waals surface area contributed by atoms with Crippen molar-refractivity contribution in [3.8, 4) is 16.3 Å². The van der Waals surface area contributed by atoms with Crippen molar-refractivity contribution >= 4 is 11.3 Å². The number of ether oxygens (including phenoxy) is 1. The van der Waals surface area contributed by atoms with Crippen LogP contribution in [-0.4, -0.2) is 17.3 Å². The summed E-state index contributed by atoms with van der Waals surface area (Å²) < 4.78 is 5.37. The molecule has 0 unspecified atom stereocenters. The van der Waals surface area contributed by atoms with E-state index in [2.05, 4.69) is 30.1 Å². The topological polar surface area (TPSA) is 61.0 Å². The van der Waals surface area contributed by atoms with Gasteiger partial charge >= 0.3 is 0 Å². The molecule has 4 nitrogen and oxygen atoms in total. The number of rotatable bonds is 4. The van der Waals surface area contributed by atoms with E-state index in [1.54, 1.807) is 7.11 Å². The molecular formula is C13H17N3OS. The lowest BCUT2D eigenvalue weighted by molar-refractivity contribution is 0.407. The first-order chi connectivity index (χ1) is 8.65. The molecule has 0 saturated heterocycles. The Morgan fingerprint density at radius 3 is 2.67 bits per heavy atom. The summed E-state index contributed by atoms with van der Waals surface area (Å²) in [5.74, 6) is 1.32. The lowest BCUT2D eigenvalue weighted by Crippen LogP contribution is -1.94. The Kier molecular flexibility index (Phi) is 3.93. The second kappa shape index (κ2) is 5.46. The highest BCUT2D eigenvalue weighted by Gasteiger charge is 2.11. The average molecular weight is 263 g/mol. The monoisotopic (exact) mass is 263 g/mol. The van der Waals surface area contributed by atoms with Crippen LogP contribution in [0.3, 0.4) is 0 Å². The SMILES string of the molecule is COc1ccc(-c2nnc(CN)s2)cc1C(C)C. The summed E-state index contributed by atoms with van der Waals surface area (Å²) in [4.78, 5) is 0. The van der Waals surface area contributed by atoms with Crippen molar-refractivity contribution in [2.75, 3.05) is 7.11 Å². The standard InChI is InChI=1S/C13H17N3OS/c1-8(2)10-6-9(4-5-11(10)17-3)13-16-15-12(7-14)18-13/h4-6,8H,7,14H2,1-3H3. The van der Waals surface area contributed by atoms with E-state index in [0.29, 0.717) is 12.5 Å². The van der Waals surface area contributed by atoms with Gasteiger partial charge in [0.2, 0.25) is 0 Å². The van der Waals surface area contributed by atoms with Crippen molar-refractivity contribution in [2.45, 2.75) is 26.3 Å². The van der Waals surface area contributed by atoms with Gasteiger partial charge < -0.3 is 10.5 Å². The Hall–Kier alpha value is -1.46. The fourth-order valence-electron chi connectivity index (χ4n) is 1.77. The molecule has 0 atom stereocenters. The van der Waals surface area contributed by atoms with E-state index >= 15 is 0 Å². The molecule has 0 bridgehead atoms. The van der Waals surface area contributed by atoms with Gasteiger partial charge in [-0.2, -0.15) is 0 Å². The highest BCUT2D eigenvalue weighted by molar-refractivity contribution is 7.14. The van der Waals surface area contributed by atoms with Crippen LogP contribution < -0.4 is 10.5 Å². The summed E-state index contributed by atoms with van der Waals surface area (Å²) in [7, 11) is 1.69. The Morgan fingerprint density at radius 2 is 2.11 bits per heavy atom. The summed E-state index contributed by atoms with van der Waals surface area (Å²) >= 11 is 1.53. The van der Waals surface area contributed by atoms with Crippen molar-refractivity contribution in [1.29, 1.82) is 0 Å². The molecule has 0 aliphatic rings. The molecule has 0 spiro atoms. The molecule has 0 saturated carbocycles. The van der Waals surface area contributed by atoms with Gasteiger partial charge in [0.05, 0.1) is 7.11 Å². The normalized spacial score (nSPS) is 10.9. The van der Waals surface area contributed by atoms with Crippen molar-refractivity contribution in [3.63, 3.8) is 0 Å². The Labute approximate surface area is 111 Å². The number of methoxy groups -OCH3 is 1. The quantitative estimate of drug-likeness (QED) is 0.921. The van der Waals surface area contributed by atoms with Crippen LogP contribution in [-0.2, 0) is 6.54 Å². The molecule has 5 heteroatoms. The zero-order valence-electron chi connectivity index (χ0n) is 10.8. The molecule has 0 aliphatic heterocycles. The molecule has 0 aliphatic carbocycles. The number of hydrogen-bond acceptors (Lipinski definition) is 5. The molecule has 1 aromatic carbocycles. The first kappa shape index (κ1) is 13.0. The fourth-order valence-corrected chi connectivity index (χ4v) is 2.49. The van der Waals surface area contributed by atoms with Crippen LogP contribution >= 0.6 is 11.3 Å². The molecule has 18 heavy (non-hydrogen) atoms. The van der Waals surface area contributed by atoms with E-state index < -0.39 is 0 Å². The van der Waals surface area contributed by atoms with Crippen LogP contribution in [0, 0.1) is 0 Å². The minimum Gasteiger partial charge on any atom is -0.496 e. The number of nitrogens with zero attached hydrogens (tertiary/aromatic N) is 2. The van der Waals surface area contributed by atoms with Crippen LogP contribution in [0.2, 0.25) is 0 Å². The maximum absolute atomic E-state index is 5.55. The molecule has 0 radical (unpaired) electrons. The van der Waals surface area contributed by atoms with Crippen LogP contribution in [0.4, 0.5) is 0 Å². The average Bonchev–Trinajstić information content (AvgIpc) is 2.86. The molecule has 96 valence electrons. The van der Waals surface area contributed by atoms with E-state index in [9.17, 15) is 0 Å². The van der Waals surface area contributed by atoms with E-state index in [1.807, 2.05) is 12.1 Å². The molecule has 0 fully saturated rings. The summed E-state index contributed by atoms with van der Waals surface area (Å²) in [6.45, 7) is 4.73. The van der Waals surface area contributed by atoms with E-state index in [4.69, 9.17) is 10.5 Å². The number of benzene rings is 1. The second-order valence-electron chi connectivity index (χ2n) is 4.32. The predicted octanol–water partition coefficient (Wildman–Crippen LogP) is 2.80. The highest BCUT2D eigenvalue weighted by atomic mass is 32.1. The molecule has 2 aromatic rings. The molecule has 0 amide bonds. The zero-order chi connectivity index (χ0) is 13.1. The van der Waals surface area contributed by atoms with Crippen molar-refractivity contribution < 1.29 is 4.74 Å². The third-order valence-corrected chi connectivity index (χ3v) is 3.73.